The minimum atomic E-state index is -0.911. The van der Waals surface area contributed by atoms with Gasteiger partial charge in [-0.1, -0.05) is 6.07 Å². The SMILES string of the molecule is CCOC(=O)C1=C(COC(=O)c2sc3cccc(F)c3c2C)NC(=O)NC1c1ccco1. The first-order chi connectivity index (χ1) is 15.4. The summed E-state index contributed by atoms with van der Waals surface area (Å²) in [5, 5.41) is 5.48. The molecule has 0 aliphatic carbocycles. The van der Waals surface area contributed by atoms with E-state index >= 15 is 0 Å². The van der Waals surface area contributed by atoms with Gasteiger partial charge in [0.05, 0.1) is 24.1 Å². The van der Waals surface area contributed by atoms with Crippen LogP contribution in [0, 0.1) is 12.7 Å². The average molecular weight is 458 g/mol. The van der Waals surface area contributed by atoms with E-state index in [4.69, 9.17) is 13.9 Å². The van der Waals surface area contributed by atoms with Crippen LogP contribution in [0.25, 0.3) is 10.1 Å². The predicted octanol–water partition coefficient (Wildman–Crippen LogP) is 3.97. The van der Waals surface area contributed by atoms with Crippen molar-refractivity contribution in [2.24, 2.45) is 0 Å². The highest BCUT2D eigenvalue weighted by molar-refractivity contribution is 7.21. The van der Waals surface area contributed by atoms with Crippen LogP contribution in [0.2, 0.25) is 0 Å². The topological polar surface area (TPSA) is 107 Å². The van der Waals surface area contributed by atoms with Gasteiger partial charge in [-0.3, -0.25) is 0 Å². The van der Waals surface area contributed by atoms with Gasteiger partial charge >= 0.3 is 18.0 Å². The number of halogens is 1. The molecule has 3 heterocycles. The van der Waals surface area contributed by atoms with E-state index in [1.54, 1.807) is 38.1 Å². The molecule has 4 rings (SSSR count). The van der Waals surface area contributed by atoms with Gasteiger partial charge in [-0.2, -0.15) is 0 Å². The van der Waals surface area contributed by atoms with Crippen LogP contribution in [0.5, 0.6) is 0 Å². The molecule has 0 saturated carbocycles. The van der Waals surface area contributed by atoms with Crippen molar-refractivity contribution in [3.63, 3.8) is 0 Å². The number of furan rings is 1. The Bertz CT molecular complexity index is 1230. The molecule has 2 amide bonds. The zero-order valence-electron chi connectivity index (χ0n) is 17.2. The minimum absolute atomic E-state index is 0.0632. The normalized spacial score (nSPS) is 16.0. The van der Waals surface area contributed by atoms with Gasteiger partial charge in [0.2, 0.25) is 0 Å². The third-order valence-electron chi connectivity index (χ3n) is 4.91. The Labute approximate surface area is 186 Å². The molecule has 0 bridgehead atoms. The number of nitrogens with one attached hydrogen (secondary N) is 2. The Morgan fingerprint density at radius 2 is 2.00 bits per heavy atom. The summed E-state index contributed by atoms with van der Waals surface area (Å²) in [5.74, 6) is -1.48. The monoisotopic (exact) mass is 458 g/mol. The molecule has 2 aromatic heterocycles. The van der Waals surface area contributed by atoms with Crippen molar-refractivity contribution in [3.8, 4) is 0 Å². The maximum Gasteiger partial charge on any atom is 0.349 e. The quantitative estimate of drug-likeness (QED) is 0.542. The van der Waals surface area contributed by atoms with Crippen LogP contribution in [0.1, 0.15) is 34.0 Å². The smallest absolute Gasteiger partial charge is 0.349 e. The van der Waals surface area contributed by atoms with Crippen LogP contribution < -0.4 is 10.6 Å². The van der Waals surface area contributed by atoms with E-state index in [1.807, 2.05) is 0 Å². The molecule has 0 saturated heterocycles. The molecule has 0 fully saturated rings. The van der Waals surface area contributed by atoms with Crippen molar-refractivity contribution in [3.05, 3.63) is 69.9 Å². The second-order valence-corrected chi connectivity index (χ2v) is 7.96. The number of aryl methyl sites for hydroxylation is 1. The van der Waals surface area contributed by atoms with Gasteiger partial charge < -0.3 is 24.5 Å². The molecule has 1 aliphatic rings. The van der Waals surface area contributed by atoms with Gasteiger partial charge in [-0.15, -0.1) is 11.3 Å². The Kier molecular flexibility index (Phi) is 5.95. The predicted molar refractivity (Wildman–Crippen MR) is 114 cm³/mol. The minimum Gasteiger partial charge on any atom is -0.467 e. The molecule has 2 N–H and O–H groups in total. The number of amides is 2. The fraction of sp³-hybridized carbons (Fsp3) is 0.227. The Hall–Kier alpha value is -3.66. The number of carbonyl (C=O) groups excluding carboxylic acids is 3. The first-order valence-electron chi connectivity index (χ1n) is 9.76. The molecule has 0 radical (unpaired) electrons. The molecule has 32 heavy (non-hydrogen) atoms. The molecule has 0 spiro atoms. The summed E-state index contributed by atoms with van der Waals surface area (Å²) in [6.07, 6.45) is 1.41. The second kappa shape index (κ2) is 8.83. The van der Waals surface area contributed by atoms with Crippen LogP contribution in [0.3, 0.4) is 0 Å². The molecule has 3 aromatic rings. The number of fused-ring (bicyclic) bond motifs is 1. The van der Waals surface area contributed by atoms with Crippen LogP contribution in [-0.2, 0) is 14.3 Å². The first-order valence-corrected chi connectivity index (χ1v) is 10.6. The molecule has 10 heteroatoms. The zero-order chi connectivity index (χ0) is 22.8. The summed E-state index contributed by atoms with van der Waals surface area (Å²) in [6.45, 7) is 3.01. The van der Waals surface area contributed by atoms with Crippen LogP contribution >= 0.6 is 11.3 Å². The fourth-order valence-electron chi connectivity index (χ4n) is 3.50. The molecule has 1 atom stereocenters. The summed E-state index contributed by atoms with van der Waals surface area (Å²) in [5.41, 5.74) is 0.607. The average Bonchev–Trinajstić information content (AvgIpc) is 3.40. The number of ether oxygens (including phenoxy) is 2. The highest BCUT2D eigenvalue weighted by Crippen LogP contribution is 2.33. The molecule has 8 nitrogen and oxygen atoms in total. The molecular formula is C22H19FN2O6S. The van der Waals surface area contributed by atoms with Gasteiger partial charge in [0.25, 0.3) is 0 Å². The third kappa shape index (κ3) is 3.96. The second-order valence-electron chi connectivity index (χ2n) is 6.90. The van der Waals surface area contributed by atoms with Crippen molar-refractivity contribution in [2.45, 2.75) is 19.9 Å². The number of hydrogen-bond donors (Lipinski definition) is 2. The van der Waals surface area contributed by atoms with E-state index in [0.29, 0.717) is 21.4 Å². The largest absolute Gasteiger partial charge is 0.467 e. The highest BCUT2D eigenvalue weighted by Gasteiger charge is 2.36. The van der Waals surface area contributed by atoms with E-state index in [2.05, 4.69) is 10.6 Å². The van der Waals surface area contributed by atoms with Crippen molar-refractivity contribution in [1.29, 1.82) is 0 Å². The van der Waals surface area contributed by atoms with Crippen LogP contribution in [0.4, 0.5) is 9.18 Å². The fourth-order valence-corrected chi connectivity index (χ4v) is 4.62. The van der Waals surface area contributed by atoms with E-state index in [-0.39, 0.29) is 22.8 Å². The molecule has 1 aliphatic heterocycles. The molecular weight excluding hydrogens is 439 g/mol. The summed E-state index contributed by atoms with van der Waals surface area (Å²) >= 11 is 1.11. The van der Waals surface area contributed by atoms with Crippen molar-refractivity contribution >= 4 is 39.4 Å². The summed E-state index contributed by atoms with van der Waals surface area (Å²) in [4.78, 5) is 37.9. The van der Waals surface area contributed by atoms with Gasteiger partial charge in [0.1, 0.15) is 29.1 Å². The lowest BCUT2D eigenvalue weighted by Crippen LogP contribution is -2.47. The number of carbonyl (C=O) groups is 3. The maximum absolute atomic E-state index is 14.2. The van der Waals surface area contributed by atoms with E-state index in [1.165, 1.54) is 12.3 Å². The number of thiophene rings is 1. The van der Waals surface area contributed by atoms with Crippen LogP contribution in [-0.4, -0.2) is 31.2 Å². The van der Waals surface area contributed by atoms with Gasteiger partial charge in [0.15, 0.2) is 0 Å². The molecule has 1 aromatic carbocycles. The van der Waals surface area contributed by atoms with Crippen molar-refractivity contribution in [2.75, 3.05) is 13.2 Å². The number of hydrogen-bond acceptors (Lipinski definition) is 7. The van der Waals surface area contributed by atoms with Gasteiger partial charge in [-0.05, 0) is 43.7 Å². The maximum atomic E-state index is 14.2. The molecule has 166 valence electrons. The summed E-state index contributed by atoms with van der Waals surface area (Å²) in [6, 6.07) is 6.34. The lowest BCUT2D eigenvalue weighted by molar-refractivity contribution is -0.139. The Morgan fingerprint density at radius 1 is 1.19 bits per heavy atom. The molecule has 1 unspecified atom stereocenters. The summed E-state index contributed by atoms with van der Waals surface area (Å²) in [7, 11) is 0. The Balaban J connectivity index is 1.64. The first kappa shape index (κ1) is 21.6. The van der Waals surface area contributed by atoms with Crippen molar-refractivity contribution in [1.82, 2.24) is 10.6 Å². The summed E-state index contributed by atoms with van der Waals surface area (Å²) < 4.78 is 30.7. The van der Waals surface area contributed by atoms with Crippen molar-refractivity contribution < 1.29 is 32.7 Å². The number of esters is 2. The van der Waals surface area contributed by atoms with Crippen LogP contribution in [0.15, 0.2) is 52.3 Å². The lowest BCUT2D eigenvalue weighted by Gasteiger charge is -2.27. The number of benzene rings is 1. The standard InChI is InChI=1S/C22H19FN2O6S/c1-3-29-20(26)17-13(24-22(28)25-18(17)14-7-5-9-30-14)10-31-21(27)19-11(2)16-12(23)6-4-8-15(16)32-19/h4-9,18H,3,10H2,1-2H3,(H2,24,25,28). The highest BCUT2D eigenvalue weighted by atomic mass is 32.1. The van der Waals surface area contributed by atoms with E-state index in [0.717, 1.165) is 11.3 Å². The lowest BCUT2D eigenvalue weighted by atomic mass is 10.0. The van der Waals surface area contributed by atoms with E-state index < -0.39 is 36.4 Å². The number of rotatable bonds is 6. The third-order valence-corrected chi connectivity index (χ3v) is 6.15. The zero-order valence-corrected chi connectivity index (χ0v) is 18.0. The van der Waals surface area contributed by atoms with E-state index in [9.17, 15) is 18.8 Å². The number of urea groups is 1. The van der Waals surface area contributed by atoms with Gasteiger partial charge in [0, 0.05) is 10.1 Å². The van der Waals surface area contributed by atoms with Gasteiger partial charge in [-0.25, -0.2) is 18.8 Å². The Morgan fingerprint density at radius 3 is 2.69 bits per heavy atom.